The Kier molecular flexibility index (Phi) is 9.62. The van der Waals surface area contributed by atoms with Gasteiger partial charge in [0.2, 0.25) is 0 Å². The Bertz CT molecular complexity index is 1140. The molecule has 1 aliphatic rings. The number of piperidine rings is 1. The normalized spacial score (nSPS) is 18.1. The van der Waals surface area contributed by atoms with Gasteiger partial charge >= 0.3 is 210 Å². The fourth-order valence-electron chi connectivity index (χ4n) is 4.43. The number of guanidine groups is 1. The molecule has 0 radical (unpaired) electrons. The summed E-state index contributed by atoms with van der Waals surface area (Å²) < 4.78 is 42.5. The number of halogens is 3. The van der Waals surface area contributed by atoms with Crippen LogP contribution in [0.5, 0.6) is 0 Å². The summed E-state index contributed by atoms with van der Waals surface area (Å²) in [6.07, 6.45) is 2.81. The number of aliphatic imine (C=N–C) groups is 2. The second-order valence-corrected chi connectivity index (χ2v) is 12.6. The molecule has 4 N–H and O–H groups in total. The molecule has 1 saturated heterocycles. The van der Waals surface area contributed by atoms with Crippen molar-refractivity contribution in [1.29, 1.82) is 0 Å². The molecule has 2 aromatic rings. The second-order valence-electron chi connectivity index (χ2n) is 9.55. The number of hydrogen-bond acceptors (Lipinski definition) is 3. The van der Waals surface area contributed by atoms with E-state index < -0.39 is 19.6 Å². The number of nitrogens with zero attached hydrogens (tertiary/aromatic N) is 2. The van der Waals surface area contributed by atoms with Crippen LogP contribution < -0.4 is 16.4 Å². The van der Waals surface area contributed by atoms with Gasteiger partial charge in [-0.25, -0.2) is 0 Å². The predicted octanol–water partition coefficient (Wildman–Crippen LogP) is 6.00. The van der Waals surface area contributed by atoms with Gasteiger partial charge in [0.15, 0.2) is 0 Å². The first kappa shape index (κ1) is 28.5. The molecule has 0 spiro atoms. The zero-order valence-electron chi connectivity index (χ0n) is 21.1. The molecule has 10 heteroatoms. The minimum atomic E-state index is -6.40. The molecule has 1 unspecified atom stereocenters. The Morgan fingerprint density at radius 3 is 2.49 bits per heavy atom. The van der Waals surface area contributed by atoms with E-state index in [1.54, 1.807) is 24.3 Å². The van der Waals surface area contributed by atoms with Crippen LogP contribution in [-0.2, 0) is 17.6 Å². The molecule has 1 amide bonds. The van der Waals surface area contributed by atoms with Gasteiger partial charge in [-0.1, -0.05) is 0 Å². The molecule has 3 rings (SSSR count). The summed E-state index contributed by atoms with van der Waals surface area (Å²) >= 11 is 0. The van der Waals surface area contributed by atoms with Gasteiger partial charge in [-0.15, -0.1) is 0 Å². The van der Waals surface area contributed by atoms with Gasteiger partial charge < -0.3 is 0 Å². The molecule has 0 aliphatic carbocycles. The molecule has 0 saturated carbocycles. The van der Waals surface area contributed by atoms with E-state index in [9.17, 15) is 17.4 Å². The van der Waals surface area contributed by atoms with Crippen LogP contribution in [0, 0.1) is 0 Å². The number of aryl methyl sites for hydroxylation is 1. The van der Waals surface area contributed by atoms with Gasteiger partial charge in [0, 0.05) is 0 Å². The molecular formula is C27H35F3N5OP. The molecule has 1 heterocycles. The van der Waals surface area contributed by atoms with E-state index in [0.29, 0.717) is 30.3 Å². The molecule has 0 bridgehead atoms. The van der Waals surface area contributed by atoms with Gasteiger partial charge in [-0.2, -0.15) is 0 Å². The van der Waals surface area contributed by atoms with Crippen molar-refractivity contribution >= 4 is 30.8 Å². The average molecular weight is 534 g/mol. The number of amides is 1. The quantitative estimate of drug-likeness (QED) is 0.199. The van der Waals surface area contributed by atoms with Gasteiger partial charge in [0.05, 0.1) is 0 Å². The number of anilines is 1. The van der Waals surface area contributed by atoms with E-state index in [2.05, 4.69) is 27.2 Å². The van der Waals surface area contributed by atoms with Crippen molar-refractivity contribution in [1.82, 2.24) is 5.32 Å². The number of nitrogens with two attached hydrogens (primary N) is 1. The monoisotopic (exact) mass is 533 g/mol. The Balaban J connectivity index is 1.80. The van der Waals surface area contributed by atoms with Gasteiger partial charge in [0.25, 0.3) is 0 Å². The van der Waals surface area contributed by atoms with Crippen molar-refractivity contribution < 1.29 is 17.4 Å². The van der Waals surface area contributed by atoms with E-state index in [1.165, 1.54) is 11.8 Å². The molecular weight excluding hydrogens is 498 g/mol. The molecule has 1 aliphatic heterocycles. The van der Waals surface area contributed by atoms with Crippen LogP contribution in [-0.4, -0.2) is 43.5 Å². The number of primary amides is 1. The van der Waals surface area contributed by atoms with E-state index in [4.69, 9.17) is 5.73 Å². The number of benzene rings is 2. The van der Waals surface area contributed by atoms with Crippen LogP contribution in [0.15, 0.2) is 71.3 Å². The number of rotatable bonds is 10. The first-order valence-corrected chi connectivity index (χ1v) is 14.9. The summed E-state index contributed by atoms with van der Waals surface area (Å²) in [4.78, 5) is 19.8. The molecule has 1 atom stereocenters. The number of carbonyl (C=O) groups excluding carboxylic acids is 1. The molecule has 37 heavy (non-hydrogen) atoms. The number of nitrogens with one attached hydrogen (secondary N) is 2. The van der Waals surface area contributed by atoms with E-state index >= 15 is 0 Å². The fourth-order valence-corrected chi connectivity index (χ4v) is 5.44. The number of hydrogen-bond donors (Lipinski definition) is 3. The summed E-state index contributed by atoms with van der Waals surface area (Å²) in [6.45, 7) is 5.91. The van der Waals surface area contributed by atoms with Crippen molar-refractivity contribution in [2.24, 2.45) is 15.7 Å². The first-order chi connectivity index (χ1) is 17.5. The van der Waals surface area contributed by atoms with Crippen molar-refractivity contribution in [3.8, 4) is 0 Å². The summed E-state index contributed by atoms with van der Waals surface area (Å²) in [5, 5.41) is 6.44. The second kappa shape index (κ2) is 12.5. The molecule has 200 valence electrons. The summed E-state index contributed by atoms with van der Waals surface area (Å²) in [5.74, 6) is -0.00207. The predicted molar refractivity (Wildman–Crippen MR) is 149 cm³/mol. The molecule has 6 nitrogen and oxygen atoms in total. The Morgan fingerprint density at radius 1 is 1.19 bits per heavy atom. The average Bonchev–Trinajstić information content (AvgIpc) is 2.83. The third-order valence-corrected chi connectivity index (χ3v) is 7.14. The van der Waals surface area contributed by atoms with E-state index in [-0.39, 0.29) is 24.5 Å². The standard InChI is InChI=1S/C27H35F3N5OP/c1-3-33-27(34-24-13-10-21(11-14-24)23-9-6-16-32-18-23)35-25(19-37(2,28,29)30)15-12-20-7-4-5-8-22(20)17-26(31)36/h3-5,7-8,10-11,13-14,23,32H,1,6,9,12,15-19H2,2H3,(H2,31,36)(H,33,34)/b35-25-. The third kappa shape index (κ3) is 10.1. The maximum absolute atomic E-state index is 14.2. The Morgan fingerprint density at radius 2 is 1.89 bits per heavy atom. The third-order valence-electron chi connectivity index (χ3n) is 6.10. The molecule has 2 aromatic carbocycles. The van der Waals surface area contributed by atoms with Crippen molar-refractivity contribution in [3.63, 3.8) is 0 Å². The van der Waals surface area contributed by atoms with E-state index in [0.717, 1.165) is 31.5 Å². The Hall–Kier alpha value is -3.03. The zero-order chi connectivity index (χ0) is 26.9. The molecule has 1 fully saturated rings. The van der Waals surface area contributed by atoms with Crippen LogP contribution in [0.1, 0.15) is 41.9 Å². The van der Waals surface area contributed by atoms with Crippen LogP contribution in [0.2, 0.25) is 0 Å². The summed E-state index contributed by atoms with van der Waals surface area (Å²) in [7, 11) is -6.40. The first-order valence-electron chi connectivity index (χ1n) is 12.3. The van der Waals surface area contributed by atoms with Crippen molar-refractivity contribution in [2.75, 3.05) is 31.2 Å². The van der Waals surface area contributed by atoms with Gasteiger partial charge in [-0.3, -0.25) is 0 Å². The Labute approximate surface area is 216 Å². The van der Waals surface area contributed by atoms with Gasteiger partial charge in [0.1, 0.15) is 0 Å². The van der Waals surface area contributed by atoms with Crippen LogP contribution in [0.4, 0.5) is 18.3 Å². The summed E-state index contributed by atoms with van der Waals surface area (Å²) in [6, 6.07) is 14.9. The van der Waals surface area contributed by atoms with Crippen molar-refractivity contribution in [2.45, 2.75) is 38.0 Å². The van der Waals surface area contributed by atoms with Gasteiger partial charge in [-0.05, 0) is 6.54 Å². The van der Waals surface area contributed by atoms with Crippen molar-refractivity contribution in [3.05, 3.63) is 78.0 Å². The topological polar surface area (TPSA) is 91.9 Å². The summed E-state index contributed by atoms with van der Waals surface area (Å²) in [5.41, 5.74) is 8.67. The number of carbonyl (C=O) groups is 1. The van der Waals surface area contributed by atoms with Crippen LogP contribution in [0.25, 0.3) is 0 Å². The SMILES string of the molecule is C=CN=C(/N=C(/CCc1ccccc1CC(N)=O)CP(C)(F)(F)F)Nc1ccc(C2CCCNC2)cc1. The van der Waals surface area contributed by atoms with E-state index in [1.807, 2.05) is 24.3 Å². The molecule has 0 aromatic heterocycles. The van der Waals surface area contributed by atoms with Crippen LogP contribution in [0.3, 0.4) is 0 Å². The zero-order valence-corrected chi connectivity index (χ0v) is 22.0. The fraction of sp³-hybridized carbons (Fsp3) is 0.370. The minimum absolute atomic E-state index is 0.0282. The maximum atomic E-state index is 14.2. The van der Waals surface area contributed by atoms with Crippen LogP contribution >= 0.6 is 7.54 Å².